The molecule has 4 aliphatic carbocycles. The number of hydrogen-bond acceptors (Lipinski definition) is 5. The second-order valence-electron chi connectivity index (χ2n) is 9.91. The summed E-state index contributed by atoms with van der Waals surface area (Å²) in [4.78, 5) is 12.2. The number of hydrogen-bond donors (Lipinski definition) is 0. The van der Waals surface area contributed by atoms with Crippen molar-refractivity contribution in [3.63, 3.8) is 0 Å². The van der Waals surface area contributed by atoms with Crippen molar-refractivity contribution < 1.29 is 51.5 Å². The van der Waals surface area contributed by atoms with Gasteiger partial charge in [0, 0.05) is 5.92 Å². The van der Waals surface area contributed by atoms with Crippen molar-refractivity contribution in [3.05, 3.63) is 11.6 Å². The molecule has 7 heteroatoms. The summed E-state index contributed by atoms with van der Waals surface area (Å²) in [5.41, 5.74) is 1.50. The molecule has 0 amide bonds. The van der Waals surface area contributed by atoms with Crippen LogP contribution in [0.3, 0.4) is 0 Å². The van der Waals surface area contributed by atoms with E-state index < -0.39 is 16.5 Å². The predicted octanol–water partition coefficient (Wildman–Crippen LogP) is 1.00. The van der Waals surface area contributed by atoms with E-state index in [1.807, 2.05) is 0 Å². The maximum atomic E-state index is 12.2. The number of carbonyl (C=O) groups excluding carboxylic acids is 1. The second kappa shape index (κ2) is 7.76. The van der Waals surface area contributed by atoms with E-state index in [0.29, 0.717) is 36.4 Å². The van der Waals surface area contributed by atoms with Crippen LogP contribution in [0.25, 0.3) is 0 Å². The quantitative estimate of drug-likeness (QED) is 0.296. The Morgan fingerprint density at radius 3 is 2.50 bits per heavy atom. The zero-order valence-corrected chi connectivity index (χ0v) is 20.4. The first-order valence-corrected chi connectivity index (χ1v) is 11.7. The van der Waals surface area contributed by atoms with Gasteiger partial charge in [0.25, 0.3) is 0 Å². The predicted molar refractivity (Wildman–Crippen MR) is 100 cm³/mol. The Bertz CT molecular complexity index is 778. The molecule has 0 aliphatic heterocycles. The van der Waals surface area contributed by atoms with Crippen molar-refractivity contribution in [2.75, 3.05) is 0 Å². The first-order valence-electron chi connectivity index (χ1n) is 10.4. The van der Waals surface area contributed by atoms with Gasteiger partial charge in [0.05, 0.1) is 6.10 Å². The van der Waals surface area contributed by atoms with Gasteiger partial charge in [-0.3, -0.25) is 8.98 Å². The number of fused-ring (bicyclic) bond motifs is 5. The van der Waals surface area contributed by atoms with E-state index in [1.54, 1.807) is 6.92 Å². The summed E-state index contributed by atoms with van der Waals surface area (Å²) in [6.45, 7) is 6.44. The zero-order chi connectivity index (χ0) is 19.6. The van der Waals surface area contributed by atoms with Gasteiger partial charge in [0.1, 0.15) is 5.78 Å². The van der Waals surface area contributed by atoms with Crippen LogP contribution in [0.2, 0.25) is 0 Å². The third-order valence-electron chi connectivity index (χ3n) is 8.80. The van der Waals surface area contributed by atoms with Crippen LogP contribution in [0, 0.1) is 34.5 Å². The molecule has 0 aromatic rings. The molecule has 0 bridgehead atoms. The normalized spacial score (nSPS) is 45.1. The first-order chi connectivity index (χ1) is 12.5. The van der Waals surface area contributed by atoms with Gasteiger partial charge in [0.15, 0.2) is 0 Å². The summed E-state index contributed by atoms with van der Waals surface area (Å²) < 4.78 is 37.7. The van der Waals surface area contributed by atoms with Gasteiger partial charge >= 0.3 is 29.6 Å². The summed E-state index contributed by atoms with van der Waals surface area (Å²) in [7, 11) is -4.65. The molecule has 0 N–H and O–H groups in total. The maximum absolute atomic E-state index is 12.2. The average molecular weight is 419 g/mol. The van der Waals surface area contributed by atoms with E-state index >= 15 is 0 Å². The third kappa shape index (κ3) is 3.71. The van der Waals surface area contributed by atoms with Gasteiger partial charge in [0.2, 0.25) is 10.4 Å². The second-order valence-corrected chi connectivity index (χ2v) is 10.9. The molecule has 5 nitrogen and oxygen atoms in total. The molecule has 0 heterocycles. The van der Waals surface area contributed by atoms with E-state index in [-0.39, 0.29) is 46.3 Å². The Morgan fingerprint density at radius 2 is 1.86 bits per heavy atom. The van der Waals surface area contributed by atoms with E-state index in [1.165, 1.54) is 5.57 Å². The average Bonchev–Trinajstić information content (AvgIpc) is 2.91. The monoisotopic (exact) mass is 418 g/mol. The van der Waals surface area contributed by atoms with Crippen molar-refractivity contribution in [1.82, 2.24) is 0 Å². The molecule has 0 radical (unpaired) electrons. The Labute approximate surface area is 191 Å². The minimum Gasteiger partial charge on any atom is -0.726 e. The molecular weight excluding hydrogens is 387 g/mol. The molecule has 0 aromatic heterocycles. The van der Waals surface area contributed by atoms with Crippen LogP contribution in [0.15, 0.2) is 11.6 Å². The van der Waals surface area contributed by atoms with Crippen LogP contribution >= 0.6 is 0 Å². The minimum absolute atomic E-state index is 0. The molecule has 0 unspecified atom stereocenters. The van der Waals surface area contributed by atoms with E-state index in [2.05, 4.69) is 19.9 Å². The van der Waals surface area contributed by atoms with Crippen LogP contribution in [0.1, 0.15) is 72.1 Å². The van der Waals surface area contributed by atoms with Crippen LogP contribution in [0.4, 0.5) is 0 Å². The molecule has 4 aliphatic rings. The maximum Gasteiger partial charge on any atom is 1.00 e. The van der Waals surface area contributed by atoms with Gasteiger partial charge < -0.3 is 4.55 Å². The largest absolute Gasteiger partial charge is 1.00 e. The Morgan fingerprint density at radius 1 is 1.14 bits per heavy atom. The summed E-state index contributed by atoms with van der Waals surface area (Å²) in [5.74, 6) is 2.38. The fourth-order valence-corrected chi connectivity index (χ4v) is 8.04. The smallest absolute Gasteiger partial charge is 0.726 e. The van der Waals surface area contributed by atoms with Crippen LogP contribution in [0.5, 0.6) is 0 Å². The Kier molecular flexibility index (Phi) is 6.36. The number of allylic oxidation sites excluding steroid dienone is 1. The van der Waals surface area contributed by atoms with Gasteiger partial charge in [-0.05, 0) is 86.9 Å². The molecular formula is C21H31NaO5S. The van der Waals surface area contributed by atoms with Crippen molar-refractivity contribution >= 4 is 16.2 Å². The van der Waals surface area contributed by atoms with Crippen molar-refractivity contribution in [2.24, 2.45) is 34.5 Å². The summed E-state index contributed by atoms with van der Waals surface area (Å²) in [6, 6.07) is 0. The van der Waals surface area contributed by atoms with E-state index in [0.717, 1.165) is 38.5 Å². The molecule has 0 spiro atoms. The van der Waals surface area contributed by atoms with Gasteiger partial charge in [-0.15, -0.1) is 0 Å². The standard InChI is InChI=1S/C21H32O5S.Na/c1-13(22)17-6-7-18-16-5-4-14-12-15(26-27(23,24)25)8-10-20(14,2)19(16)9-11-21(17,18)3;/h4,15-19H,5-12H2,1-3H3,(H,23,24,25);/q;+1/p-1/t15-,16-,17+,18-,19-,20-,21+;/m0./s1. The van der Waals surface area contributed by atoms with Crippen LogP contribution in [-0.2, 0) is 19.4 Å². The number of Topliss-reactive ketones (excluding diaryl/α,β-unsaturated/α-hetero) is 1. The van der Waals surface area contributed by atoms with Crippen molar-refractivity contribution in [1.29, 1.82) is 0 Å². The van der Waals surface area contributed by atoms with Gasteiger partial charge in [-0.25, -0.2) is 8.42 Å². The number of carbonyl (C=O) groups is 1. The van der Waals surface area contributed by atoms with Gasteiger partial charge in [-0.1, -0.05) is 25.5 Å². The van der Waals surface area contributed by atoms with Crippen LogP contribution in [-0.4, -0.2) is 24.9 Å². The number of rotatable bonds is 3. The van der Waals surface area contributed by atoms with Crippen molar-refractivity contribution in [3.8, 4) is 0 Å². The third-order valence-corrected chi connectivity index (χ3v) is 9.31. The van der Waals surface area contributed by atoms with Crippen molar-refractivity contribution in [2.45, 2.75) is 78.2 Å². The molecule has 3 saturated carbocycles. The van der Waals surface area contributed by atoms with Crippen LogP contribution < -0.4 is 29.6 Å². The molecule has 0 aromatic carbocycles. The van der Waals surface area contributed by atoms with Gasteiger partial charge in [-0.2, -0.15) is 0 Å². The molecule has 4 rings (SSSR count). The summed E-state index contributed by atoms with van der Waals surface area (Å²) in [6.07, 6.45) is 9.30. The topological polar surface area (TPSA) is 83.5 Å². The number of ketones is 1. The molecule has 28 heavy (non-hydrogen) atoms. The fourth-order valence-electron chi connectivity index (χ4n) is 7.54. The SMILES string of the molecule is CC(=O)[C@H]1CC[C@H]2[C@@H]3CC=C4C[C@@H](OS(=O)(=O)[O-])CC[C@]4(C)[C@H]3CC[C@]12C.[Na+]. The molecule has 152 valence electrons. The Balaban J connectivity index is 0.00000225. The first kappa shape index (κ1) is 23.0. The molecule has 0 saturated heterocycles. The molecule has 3 fully saturated rings. The zero-order valence-electron chi connectivity index (χ0n) is 17.6. The Hall–Kier alpha value is 0.280. The molecule has 7 atom stereocenters. The minimum atomic E-state index is -4.65. The fraction of sp³-hybridized carbons (Fsp3) is 0.857. The summed E-state index contributed by atoms with van der Waals surface area (Å²) >= 11 is 0. The summed E-state index contributed by atoms with van der Waals surface area (Å²) in [5, 5.41) is 0. The van der Waals surface area contributed by atoms with E-state index in [4.69, 9.17) is 4.18 Å². The van der Waals surface area contributed by atoms with E-state index in [9.17, 15) is 17.8 Å².